The highest BCUT2D eigenvalue weighted by atomic mass is 32.2. The summed E-state index contributed by atoms with van der Waals surface area (Å²) in [5.41, 5.74) is 0.282. The number of carbonyl (C=O) groups is 1. The fraction of sp³-hybridized carbons (Fsp3) is 0.0714. The highest BCUT2D eigenvalue weighted by Gasteiger charge is 2.18. The van der Waals surface area contributed by atoms with Crippen molar-refractivity contribution in [1.82, 2.24) is 0 Å². The lowest BCUT2D eigenvalue weighted by Gasteiger charge is -2.10. The fourth-order valence-electron chi connectivity index (χ4n) is 1.79. The number of hydrogen-bond donors (Lipinski definition) is 2. The predicted octanol–water partition coefficient (Wildman–Crippen LogP) is 1.54. The molecule has 0 fully saturated rings. The second kappa shape index (κ2) is 6.27. The molecular formula is C14H12O6S. The van der Waals surface area contributed by atoms with Gasteiger partial charge in [0.15, 0.2) is 17.3 Å². The topological polar surface area (TPSA) is 89.9 Å². The van der Waals surface area contributed by atoms with E-state index in [9.17, 15) is 18.3 Å². The van der Waals surface area contributed by atoms with Crippen LogP contribution in [0.4, 0.5) is 0 Å². The summed E-state index contributed by atoms with van der Waals surface area (Å²) in [5.74, 6) is -0.932. The molecular weight excluding hydrogens is 296 g/mol. The first-order valence-corrected chi connectivity index (χ1v) is 6.95. The Morgan fingerprint density at radius 2 is 1.76 bits per heavy atom. The lowest BCUT2D eigenvalue weighted by atomic mass is 10.0. The summed E-state index contributed by atoms with van der Waals surface area (Å²) in [5, 5.41) is 9.91. The van der Waals surface area contributed by atoms with Crippen LogP contribution in [0, 0.1) is 0 Å². The van der Waals surface area contributed by atoms with Gasteiger partial charge in [-0.15, -0.1) is 0 Å². The number of hydrogen-bond acceptors (Lipinski definition) is 6. The summed E-state index contributed by atoms with van der Waals surface area (Å²) in [7, 11) is -1.88. The van der Waals surface area contributed by atoms with E-state index in [-0.39, 0.29) is 22.8 Å². The molecule has 0 heterocycles. The Labute approximate surface area is 122 Å². The number of rotatable bonds is 5. The maximum absolute atomic E-state index is 12.3. The molecule has 0 aromatic heterocycles. The number of benzene rings is 2. The zero-order chi connectivity index (χ0) is 15.4. The molecule has 0 bridgehead atoms. The summed E-state index contributed by atoms with van der Waals surface area (Å²) < 4.78 is 30.9. The van der Waals surface area contributed by atoms with E-state index in [1.165, 1.54) is 7.11 Å². The summed E-state index contributed by atoms with van der Waals surface area (Å²) >= 11 is 0. The molecule has 0 saturated heterocycles. The van der Waals surface area contributed by atoms with Crippen molar-refractivity contribution in [3.05, 3.63) is 53.6 Å². The smallest absolute Gasteiger partial charge is 0.299 e. The number of ketones is 1. The average Bonchev–Trinajstić information content (AvgIpc) is 2.48. The molecule has 21 heavy (non-hydrogen) atoms. The molecule has 0 spiro atoms. The van der Waals surface area contributed by atoms with Gasteiger partial charge >= 0.3 is 0 Å². The summed E-state index contributed by atoms with van der Waals surface area (Å²) in [6, 6.07) is 10.5. The van der Waals surface area contributed by atoms with Gasteiger partial charge in [-0.3, -0.25) is 4.79 Å². The third-order valence-corrected chi connectivity index (χ3v) is 3.08. The van der Waals surface area contributed by atoms with Crippen LogP contribution in [0.25, 0.3) is 0 Å². The first-order valence-electron chi connectivity index (χ1n) is 5.86. The van der Waals surface area contributed by atoms with Crippen LogP contribution in [0.15, 0.2) is 42.5 Å². The van der Waals surface area contributed by atoms with Crippen molar-refractivity contribution in [2.45, 2.75) is 0 Å². The molecule has 0 aliphatic carbocycles. The summed E-state index contributed by atoms with van der Waals surface area (Å²) in [6.07, 6.45) is 0. The Bertz CT molecular complexity index is 729. The van der Waals surface area contributed by atoms with Crippen molar-refractivity contribution in [1.29, 1.82) is 0 Å². The van der Waals surface area contributed by atoms with Crippen molar-refractivity contribution < 1.29 is 27.2 Å². The van der Waals surface area contributed by atoms with E-state index >= 15 is 0 Å². The van der Waals surface area contributed by atoms with E-state index in [0.29, 0.717) is 5.56 Å². The van der Waals surface area contributed by atoms with Gasteiger partial charge in [0.1, 0.15) is 5.75 Å². The average molecular weight is 308 g/mol. The Morgan fingerprint density at radius 3 is 2.33 bits per heavy atom. The van der Waals surface area contributed by atoms with Crippen LogP contribution in [-0.4, -0.2) is 26.4 Å². The Kier molecular flexibility index (Phi) is 4.44. The lowest BCUT2D eigenvalue weighted by Crippen LogP contribution is -2.03. The van der Waals surface area contributed by atoms with Gasteiger partial charge in [-0.05, 0) is 0 Å². The minimum absolute atomic E-state index is 0.0105. The van der Waals surface area contributed by atoms with Crippen LogP contribution in [-0.2, 0) is 11.0 Å². The quantitative estimate of drug-likeness (QED) is 0.643. The van der Waals surface area contributed by atoms with Crippen molar-refractivity contribution in [3.8, 4) is 17.2 Å². The van der Waals surface area contributed by atoms with Gasteiger partial charge in [0.2, 0.25) is 0 Å². The van der Waals surface area contributed by atoms with E-state index in [2.05, 4.69) is 4.18 Å². The molecule has 1 N–H and O–H groups in total. The zero-order valence-electron chi connectivity index (χ0n) is 11.0. The van der Waals surface area contributed by atoms with Crippen LogP contribution in [0.3, 0.4) is 0 Å². The lowest BCUT2D eigenvalue weighted by molar-refractivity contribution is 0.103. The molecule has 0 saturated carbocycles. The van der Waals surface area contributed by atoms with Crippen LogP contribution in [0.5, 0.6) is 17.2 Å². The minimum atomic E-state index is -3.17. The second-order valence-corrected chi connectivity index (χ2v) is 4.66. The van der Waals surface area contributed by atoms with E-state index < -0.39 is 16.8 Å². The number of aromatic hydroxyl groups is 1. The normalized spacial score (nSPS) is 10.4. The molecule has 0 unspecified atom stereocenters. The van der Waals surface area contributed by atoms with Gasteiger partial charge in [-0.2, -0.15) is 8.42 Å². The molecule has 0 radical (unpaired) electrons. The maximum Gasteiger partial charge on any atom is 0.299 e. The molecule has 0 amide bonds. The zero-order valence-corrected chi connectivity index (χ0v) is 11.9. The van der Waals surface area contributed by atoms with Crippen LogP contribution >= 0.6 is 0 Å². The number of phenolic OH excluding ortho intramolecular Hbond substituents is 1. The number of methoxy groups -OCH3 is 1. The Morgan fingerprint density at radius 1 is 1.10 bits per heavy atom. The number of carbonyl (C=O) groups excluding carboxylic acids is 1. The van der Waals surface area contributed by atoms with Gasteiger partial charge in [-0.25, -0.2) is 0 Å². The summed E-state index contributed by atoms with van der Waals surface area (Å²) in [6.45, 7) is 0. The van der Waals surface area contributed by atoms with E-state index in [1.807, 2.05) is 0 Å². The second-order valence-electron chi connectivity index (χ2n) is 4.03. The minimum Gasteiger partial charge on any atom is -0.507 e. The third kappa shape index (κ3) is 3.32. The largest absolute Gasteiger partial charge is 0.507 e. The van der Waals surface area contributed by atoms with Crippen LogP contribution < -0.4 is 8.92 Å². The van der Waals surface area contributed by atoms with Crippen molar-refractivity contribution in [2.24, 2.45) is 0 Å². The number of ether oxygens (including phenoxy) is 1. The molecule has 2 aromatic carbocycles. The van der Waals surface area contributed by atoms with Gasteiger partial charge in [-0.1, -0.05) is 30.3 Å². The molecule has 6 nitrogen and oxygen atoms in total. The fourth-order valence-corrected chi connectivity index (χ4v) is 2.09. The molecule has 2 rings (SSSR count). The summed E-state index contributed by atoms with van der Waals surface area (Å²) in [4.78, 5) is 12.3. The van der Waals surface area contributed by atoms with E-state index in [0.717, 1.165) is 12.1 Å². The molecule has 0 atom stereocenters. The molecule has 110 valence electrons. The van der Waals surface area contributed by atoms with Gasteiger partial charge < -0.3 is 14.0 Å². The highest BCUT2D eigenvalue weighted by molar-refractivity contribution is 7.67. The first kappa shape index (κ1) is 14.9. The van der Waals surface area contributed by atoms with Gasteiger partial charge in [0.05, 0.1) is 12.7 Å². The SMILES string of the molecule is COc1cc(O)c(C(=O)c2ccccc2)cc1O[SH](=O)=O. The van der Waals surface area contributed by atoms with Crippen molar-refractivity contribution >= 4 is 16.8 Å². The van der Waals surface area contributed by atoms with E-state index in [4.69, 9.17) is 4.74 Å². The maximum atomic E-state index is 12.3. The van der Waals surface area contributed by atoms with Gasteiger partial charge in [0.25, 0.3) is 11.0 Å². The number of thiol groups is 1. The third-order valence-electron chi connectivity index (χ3n) is 2.74. The van der Waals surface area contributed by atoms with Crippen molar-refractivity contribution in [3.63, 3.8) is 0 Å². The standard InChI is InChI=1S/C14H12O6S/c1-19-12-8-11(15)10(7-13(12)20-21(17)18)14(16)9-5-3-2-4-6-9/h2-8,15,21H,1H3. The predicted molar refractivity (Wildman–Crippen MR) is 75.5 cm³/mol. The molecule has 2 aromatic rings. The van der Waals surface area contributed by atoms with Crippen LogP contribution in [0.2, 0.25) is 0 Å². The Balaban J connectivity index is 2.51. The Hall–Kier alpha value is -2.54. The van der Waals surface area contributed by atoms with E-state index in [1.54, 1.807) is 30.3 Å². The van der Waals surface area contributed by atoms with Crippen LogP contribution in [0.1, 0.15) is 15.9 Å². The molecule has 0 aliphatic heterocycles. The first-order chi connectivity index (χ1) is 10.0. The monoisotopic (exact) mass is 308 g/mol. The molecule has 0 aliphatic rings. The number of phenols is 1. The van der Waals surface area contributed by atoms with Crippen molar-refractivity contribution in [2.75, 3.05) is 7.11 Å². The van der Waals surface area contributed by atoms with Gasteiger partial charge in [0, 0.05) is 17.7 Å². The molecule has 7 heteroatoms. The highest BCUT2D eigenvalue weighted by Crippen LogP contribution is 2.35.